The molecule has 3 rings (SSSR count). The highest BCUT2D eigenvalue weighted by Gasteiger charge is 2.06. The van der Waals surface area contributed by atoms with Gasteiger partial charge in [-0.1, -0.05) is 11.3 Å². The van der Waals surface area contributed by atoms with Crippen molar-refractivity contribution in [2.45, 2.75) is 13.1 Å². The van der Waals surface area contributed by atoms with E-state index < -0.39 is 0 Å². The number of pyridine rings is 2. The first-order valence-electron chi connectivity index (χ1n) is 6.82. The van der Waals surface area contributed by atoms with Crippen LogP contribution in [0.5, 0.6) is 5.75 Å². The van der Waals surface area contributed by atoms with Crippen LogP contribution in [0.1, 0.15) is 0 Å². The number of aromatic nitrogens is 5. The molecule has 0 bridgehead atoms. The zero-order chi connectivity index (χ0) is 15.4. The molecule has 3 heterocycles. The van der Waals surface area contributed by atoms with Crippen LogP contribution in [0.3, 0.4) is 0 Å². The fourth-order valence-corrected chi connectivity index (χ4v) is 2.03. The molecule has 0 amide bonds. The highest BCUT2D eigenvalue weighted by atomic mass is 16.5. The third kappa shape index (κ3) is 3.03. The van der Waals surface area contributed by atoms with E-state index in [9.17, 15) is 4.79 Å². The van der Waals surface area contributed by atoms with Crippen molar-refractivity contribution in [1.82, 2.24) is 24.5 Å². The summed E-state index contributed by atoms with van der Waals surface area (Å²) in [5, 5.41) is 8.16. The second kappa shape index (κ2) is 6.21. The van der Waals surface area contributed by atoms with E-state index in [0.29, 0.717) is 24.5 Å². The van der Waals surface area contributed by atoms with Gasteiger partial charge in [0.1, 0.15) is 11.4 Å². The average Bonchev–Trinajstić information content (AvgIpc) is 3.03. The van der Waals surface area contributed by atoms with E-state index in [4.69, 9.17) is 4.74 Å². The third-order valence-corrected chi connectivity index (χ3v) is 3.24. The maximum Gasteiger partial charge on any atom is 0.250 e. The molecular weight excluding hydrogens is 282 g/mol. The molecule has 0 radical (unpaired) electrons. The third-order valence-electron chi connectivity index (χ3n) is 3.24. The van der Waals surface area contributed by atoms with Crippen molar-refractivity contribution in [1.29, 1.82) is 0 Å². The first kappa shape index (κ1) is 14.0. The van der Waals surface area contributed by atoms with Crippen LogP contribution in [0.25, 0.3) is 11.4 Å². The minimum absolute atomic E-state index is 0.0281. The van der Waals surface area contributed by atoms with Crippen molar-refractivity contribution in [2.75, 3.05) is 7.11 Å². The number of rotatable bonds is 5. The lowest BCUT2D eigenvalue weighted by atomic mass is 10.3. The predicted octanol–water partition coefficient (Wildman–Crippen LogP) is 1.21. The number of hydrogen-bond donors (Lipinski definition) is 0. The molecule has 3 aromatic heterocycles. The number of hydrogen-bond acceptors (Lipinski definition) is 5. The normalized spacial score (nSPS) is 10.6. The van der Waals surface area contributed by atoms with Gasteiger partial charge in [-0.2, -0.15) is 0 Å². The molecule has 0 spiro atoms. The summed E-state index contributed by atoms with van der Waals surface area (Å²) in [6, 6.07) is 8.74. The van der Waals surface area contributed by atoms with Crippen molar-refractivity contribution < 1.29 is 4.74 Å². The van der Waals surface area contributed by atoms with Gasteiger partial charge in [0.25, 0.3) is 5.56 Å². The van der Waals surface area contributed by atoms with Gasteiger partial charge >= 0.3 is 0 Å². The molecule has 0 aliphatic carbocycles. The maximum atomic E-state index is 11.6. The van der Waals surface area contributed by atoms with E-state index in [1.807, 2.05) is 24.4 Å². The summed E-state index contributed by atoms with van der Waals surface area (Å²) >= 11 is 0. The lowest BCUT2D eigenvalue weighted by Crippen LogP contribution is -2.20. The summed E-state index contributed by atoms with van der Waals surface area (Å²) in [4.78, 5) is 15.9. The van der Waals surface area contributed by atoms with Crippen LogP contribution < -0.4 is 10.3 Å². The van der Waals surface area contributed by atoms with Crippen LogP contribution in [-0.4, -0.2) is 31.7 Å². The Hall–Kier alpha value is -2.96. The Labute approximate surface area is 126 Å². The topological polar surface area (TPSA) is 74.8 Å². The molecule has 0 saturated carbocycles. The number of nitrogens with zero attached hydrogens (tertiary/aromatic N) is 5. The summed E-state index contributed by atoms with van der Waals surface area (Å²) in [5.74, 6) is 0.694. The molecule has 0 fully saturated rings. The minimum Gasteiger partial charge on any atom is -0.495 e. The molecule has 0 atom stereocenters. The van der Waals surface area contributed by atoms with Crippen molar-refractivity contribution in [3.05, 3.63) is 59.3 Å². The van der Waals surface area contributed by atoms with Gasteiger partial charge in [0.2, 0.25) is 0 Å². The van der Waals surface area contributed by atoms with Gasteiger partial charge in [-0.3, -0.25) is 14.5 Å². The van der Waals surface area contributed by atoms with Gasteiger partial charge < -0.3 is 9.30 Å². The molecule has 112 valence electrons. The molecule has 7 nitrogen and oxygen atoms in total. The van der Waals surface area contributed by atoms with Crippen LogP contribution in [0.4, 0.5) is 0 Å². The number of methoxy groups -OCH3 is 1. The molecule has 0 N–H and O–H groups in total. The van der Waals surface area contributed by atoms with E-state index in [1.165, 1.54) is 6.07 Å². The van der Waals surface area contributed by atoms with Crippen LogP contribution in [-0.2, 0) is 13.1 Å². The van der Waals surface area contributed by atoms with Gasteiger partial charge in [0, 0.05) is 18.8 Å². The quantitative estimate of drug-likeness (QED) is 0.707. The SMILES string of the molecule is COc1ccc(-c2cn(CCn3ccccc3=O)nn2)nc1. The second-order valence-electron chi connectivity index (χ2n) is 4.68. The standard InChI is InChI=1S/C15H15N5O2/c1-22-12-5-6-13(16-10-12)14-11-20(18-17-14)9-8-19-7-3-2-4-15(19)21/h2-7,10-11H,8-9H2,1H3. The van der Waals surface area contributed by atoms with Crippen molar-refractivity contribution in [2.24, 2.45) is 0 Å². The van der Waals surface area contributed by atoms with E-state index in [1.54, 1.807) is 34.8 Å². The molecule has 0 aliphatic heterocycles. The van der Waals surface area contributed by atoms with Crippen LogP contribution >= 0.6 is 0 Å². The maximum absolute atomic E-state index is 11.6. The number of ether oxygens (including phenoxy) is 1. The van der Waals surface area contributed by atoms with Crippen molar-refractivity contribution in [3.63, 3.8) is 0 Å². The van der Waals surface area contributed by atoms with Crippen LogP contribution in [0, 0.1) is 0 Å². The summed E-state index contributed by atoms with van der Waals surface area (Å²) in [5.41, 5.74) is 1.38. The fraction of sp³-hybridized carbons (Fsp3) is 0.200. The van der Waals surface area contributed by atoms with Crippen LogP contribution in [0.2, 0.25) is 0 Å². The van der Waals surface area contributed by atoms with E-state index >= 15 is 0 Å². The molecule has 3 aromatic rings. The molecular formula is C15H15N5O2. The monoisotopic (exact) mass is 297 g/mol. The predicted molar refractivity (Wildman–Crippen MR) is 80.5 cm³/mol. The zero-order valence-electron chi connectivity index (χ0n) is 12.1. The van der Waals surface area contributed by atoms with Crippen LogP contribution in [0.15, 0.2) is 53.7 Å². The van der Waals surface area contributed by atoms with Gasteiger partial charge in [-0.25, -0.2) is 0 Å². The zero-order valence-corrected chi connectivity index (χ0v) is 12.1. The van der Waals surface area contributed by atoms with Gasteiger partial charge in [-0.15, -0.1) is 5.10 Å². The lowest BCUT2D eigenvalue weighted by molar-refractivity contribution is 0.413. The number of aryl methyl sites for hydroxylation is 2. The van der Waals surface area contributed by atoms with Gasteiger partial charge in [-0.05, 0) is 18.2 Å². The first-order valence-corrected chi connectivity index (χ1v) is 6.82. The van der Waals surface area contributed by atoms with Crippen molar-refractivity contribution in [3.8, 4) is 17.1 Å². The van der Waals surface area contributed by atoms with Gasteiger partial charge in [0.05, 0.1) is 31.7 Å². The minimum atomic E-state index is -0.0281. The molecule has 0 aliphatic rings. The lowest BCUT2D eigenvalue weighted by Gasteiger charge is -2.03. The fourth-order valence-electron chi connectivity index (χ4n) is 2.03. The molecule has 0 saturated heterocycles. The van der Waals surface area contributed by atoms with E-state index in [-0.39, 0.29) is 5.56 Å². The second-order valence-corrected chi connectivity index (χ2v) is 4.68. The highest BCUT2D eigenvalue weighted by molar-refractivity contribution is 5.52. The smallest absolute Gasteiger partial charge is 0.250 e. The highest BCUT2D eigenvalue weighted by Crippen LogP contribution is 2.16. The van der Waals surface area contributed by atoms with E-state index in [0.717, 1.165) is 5.69 Å². The molecule has 7 heteroatoms. The Morgan fingerprint density at radius 1 is 1.14 bits per heavy atom. The summed E-state index contributed by atoms with van der Waals surface area (Å²) in [6.07, 6.45) is 5.20. The Morgan fingerprint density at radius 3 is 2.77 bits per heavy atom. The average molecular weight is 297 g/mol. The van der Waals surface area contributed by atoms with E-state index in [2.05, 4.69) is 15.3 Å². The Bertz CT molecular complexity index is 807. The van der Waals surface area contributed by atoms with Gasteiger partial charge in [0.15, 0.2) is 0 Å². The largest absolute Gasteiger partial charge is 0.495 e. The summed E-state index contributed by atoms with van der Waals surface area (Å²) < 4.78 is 8.40. The summed E-state index contributed by atoms with van der Waals surface area (Å²) in [6.45, 7) is 1.10. The molecule has 22 heavy (non-hydrogen) atoms. The first-order chi connectivity index (χ1) is 10.8. The Balaban J connectivity index is 1.71. The molecule has 0 unspecified atom stereocenters. The summed E-state index contributed by atoms with van der Waals surface area (Å²) in [7, 11) is 1.60. The molecule has 0 aromatic carbocycles. The Kier molecular flexibility index (Phi) is 3.95. The van der Waals surface area contributed by atoms with Crippen molar-refractivity contribution >= 4 is 0 Å². The Morgan fingerprint density at radius 2 is 2.05 bits per heavy atom.